The monoisotopic (exact) mass is 439 g/mol. The first-order valence-corrected chi connectivity index (χ1v) is 11.7. The largest absolute Gasteiger partial charge is 0.324 e. The molecule has 0 aromatic heterocycles. The topological polar surface area (TPSA) is 61.4 Å². The van der Waals surface area contributed by atoms with Crippen LogP contribution in [0.1, 0.15) is 36.0 Å². The quantitative estimate of drug-likeness (QED) is 0.427. The highest BCUT2D eigenvalue weighted by Gasteiger charge is 2.40. The molecule has 2 fully saturated rings. The third-order valence-electron chi connectivity index (χ3n) is 7.05. The van der Waals surface area contributed by atoms with Gasteiger partial charge in [-0.2, -0.15) is 0 Å². The summed E-state index contributed by atoms with van der Waals surface area (Å²) in [5, 5.41) is 6.38. The molecule has 1 heterocycles. The van der Waals surface area contributed by atoms with Crippen LogP contribution < -0.4 is 10.6 Å². The molecule has 3 aromatic rings. The van der Waals surface area contributed by atoms with Crippen molar-refractivity contribution in [3.8, 4) is 0 Å². The van der Waals surface area contributed by atoms with E-state index < -0.39 is 5.54 Å². The molecule has 2 atom stereocenters. The number of nitrogens with zero attached hydrogens (tertiary/aromatic N) is 1. The third kappa shape index (κ3) is 4.16. The fourth-order valence-corrected chi connectivity index (χ4v) is 5.44. The fraction of sp³-hybridized carbons (Fsp3) is 0.286. The molecule has 3 aromatic carbocycles. The first kappa shape index (κ1) is 21.4. The minimum atomic E-state index is -0.483. The normalized spacial score (nSPS) is 20.8. The van der Waals surface area contributed by atoms with Gasteiger partial charge in [-0.3, -0.25) is 15.4 Å². The Morgan fingerprint density at radius 2 is 1.30 bits per heavy atom. The molecule has 1 saturated heterocycles. The van der Waals surface area contributed by atoms with Gasteiger partial charge in [0.05, 0.1) is 5.54 Å². The zero-order valence-corrected chi connectivity index (χ0v) is 18.6. The summed E-state index contributed by atoms with van der Waals surface area (Å²) in [5.74, 6) is 0.229. The van der Waals surface area contributed by atoms with Crippen molar-refractivity contribution in [2.75, 3.05) is 13.1 Å². The highest BCUT2D eigenvalue weighted by atomic mass is 16.2. The second-order valence-electron chi connectivity index (χ2n) is 9.04. The number of carbonyl (C=O) groups excluding carboxylic acids is 2. The summed E-state index contributed by atoms with van der Waals surface area (Å²) < 4.78 is 0. The molecule has 5 heteroatoms. The van der Waals surface area contributed by atoms with Crippen molar-refractivity contribution in [2.24, 2.45) is 5.92 Å². The van der Waals surface area contributed by atoms with Crippen molar-refractivity contribution in [3.05, 3.63) is 108 Å². The van der Waals surface area contributed by atoms with Gasteiger partial charge < -0.3 is 4.90 Å². The maximum atomic E-state index is 12.1. The predicted octanol–water partition coefficient (Wildman–Crippen LogP) is 4.29. The number of amides is 3. The Labute approximate surface area is 194 Å². The first-order valence-electron chi connectivity index (χ1n) is 11.7. The van der Waals surface area contributed by atoms with E-state index in [1.807, 2.05) is 18.2 Å². The molecule has 1 saturated carbocycles. The Morgan fingerprint density at radius 3 is 1.76 bits per heavy atom. The number of hydrogen-bond acceptors (Lipinski definition) is 3. The van der Waals surface area contributed by atoms with Gasteiger partial charge in [0, 0.05) is 6.04 Å². The van der Waals surface area contributed by atoms with Crippen molar-refractivity contribution in [2.45, 2.75) is 30.8 Å². The molecule has 0 bridgehead atoms. The molecule has 1 aliphatic heterocycles. The minimum absolute atomic E-state index is 0.128. The summed E-state index contributed by atoms with van der Waals surface area (Å²) in [7, 11) is 0. The third-order valence-corrected chi connectivity index (χ3v) is 7.05. The van der Waals surface area contributed by atoms with Crippen LogP contribution in [0.4, 0.5) is 4.79 Å². The van der Waals surface area contributed by atoms with E-state index in [0.29, 0.717) is 5.92 Å². The maximum Gasteiger partial charge on any atom is 0.324 e. The van der Waals surface area contributed by atoms with Crippen molar-refractivity contribution < 1.29 is 9.59 Å². The lowest BCUT2D eigenvalue weighted by Crippen LogP contribution is -2.46. The van der Waals surface area contributed by atoms with Gasteiger partial charge in [0.25, 0.3) is 0 Å². The van der Waals surface area contributed by atoms with Crippen LogP contribution in [0.2, 0.25) is 0 Å². The van der Waals surface area contributed by atoms with Gasteiger partial charge in [-0.05, 0) is 48.4 Å². The zero-order valence-electron chi connectivity index (χ0n) is 18.6. The highest BCUT2D eigenvalue weighted by Crippen LogP contribution is 2.38. The number of imide groups is 1. The molecule has 5 rings (SSSR count). The van der Waals surface area contributed by atoms with Gasteiger partial charge in [-0.1, -0.05) is 91.0 Å². The van der Waals surface area contributed by atoms with E-state index in [1.54, 1.807) is 4.90 Å². The van der Waals surface area contributed by atoms with E-state index >= 15 is 0 Å². The van der Waals surface area contributed by atoms with Gasteiger partial charge in [0.15, 0.2) is 0 Å². The zero-order chi connectivity index (χ0) is 22.7. The number of nitrogens with one attached hydrogen (secondary N) is 2. The molecule has 0 spiro atoms. The van der Waals surface area contributed by atoms with Crippen LogP contribution in [0.25, 0.3) is 0 Å². The van der Waals surface area contributed by atoms with Crippen molar-refractivity contribution >= 4 is 11.9 Å². The second-order valence-corrected chi connectivity index (χ2v) is 9.04. The molecule has 5 nitrogen and oxygen atoms in total. The molecule has 1 aliphatic carbocycles. The smallest absolute Gasteiger partial charge is 0.312 e. The lowest BCUT2D eigenvalue weighted by molar-refractivity contribution is -0.118. The number of rotatable bonds is 7. The maximum absolute atomic E-state index is 12.1. The predicted molar refractivity (Wildman–Crippen MR) is 129 cm³/mol. The number of hydrogen-bond donors (Lipinski definition) is 2. The number of urea groups is 1. The van der Waals surface area contributed by atoms with Crippen LogP contribution in [0, 0.1) is 5.92 Å². The van der Waals surface area contributed by atoms with Crippen LogP contribution >= 0.6 is 0 Å². The molecule has 168 valence electrons. The lowest BCUT2D eigenvalue weighted by atomic mass is 9.76. The Kier molecular flexibility index (Phi) is 5.97. The Bertz CT molecular complexity index is 1010. The van der Waals surface area contributed by atoms with E-state index in [4.69, 9.17) is 0 Å². The van der Waals surface area contributed by atoms with Crippen LogP contribution in [0.3, 0.4) is 0 Å². The molecule has 0 radical (unpaired) electrons. The molecular weight excluding hydrogens is 410 g/mol. The van der Waals surface area contributed by atoms with E-state index in [9.17, 15) is 9.59 Å². The van der Waals surface area contributed by atoms with Crippen LogP contribution in [0.5, 0.6) is 0 Å². The van der Waals surface area contributed by atoms with Gasteiger partial charge in [0.2, 0.25) is 5.91 Å². The fourth-order valence-electron chi connectivity index (χ4n) is 5.44. The number of benzene rings is 3. The first-order chi connectivity index (χ1) is 16.2. The molecule has 3 amide bonds. The molecule has 2 aliphatic rings. The van der Waals surface area contributed by atoms with E-state index in [1.165, 1.54) is 16.7 Å². The van der Waals surface area contributed by atoms with E-state index in [0.717, 1.165) is 25.8 Å². The SMILES string of the molecule is O=C1CN(C2CCC(CNC(c3ccccc3)(c3ccccc3)c3ccccc3)C2)C(=O)N1. The molecule has 2 N–H and O–H groups in total. The lowest BCUT2D eigenvalue weighted by Gasteiger charge is -2.38. The Morgan fingerprint density at radius 1 is 0.788 bits per heavy atom. The van der Waals surface area contributed by atoms with E-state index in [-0.39, 0.29) is 24.5 Å². The average molecular weight is 440 g/mol. The van der Waals surface area contributed by atoms with Crippen molar-refractivity contribution in [1.82, 2.24) is 15.5 Å². The van der Waals surface area contributed by atoms with E-state index in [2.05, 4.69) is 83.4 Å². The van der Waals surface area contributed by atoms with Gasteiger partial charge in [-0.25, -0.2) is 4.79 Å². The standard InChI is InChI=1S/C28H29N3O2/c32-26-20-31(27(33)30-26)25-17-16-21(18-25)19-29-28(22-10-4-1-5-11-22,23-12-6-2-7-13-23)24-14-8-3-9-15-24/h1-15,21,25,29H,16-20H2,(H,30,32,33). The summed E-state index contributed by atoms with van der Waals surface area (Å²) in [6.07, 6.45) is 2.87. The van der Waals surface area contributed by atoms with Gasteiger partial charge in [-0.15, -0.1) is 0 Å². The summed E-state index contributed by atoms with van der Waals surface area (Å²) in [6.45, 7) is 1.00. The van der Waals surface area contributed by atoms with Crippen molar-refractivity contribution in [3.63, 3.8) is 0 Å². The van der Waals surface area contributed by atoms with Gasteiger partial charge >= 0.3 is 6.03 Å². The van der Waals surface area contributed by atoms with Crippen LogP contribution in [-0.2, 0) is 10.3 Å². The molecular formula is C28H29N3O2. The van der Waals surface area contributed by atoms with Crippen molar-refractivity contribution in [1.29, 1.82) is 0 Å². The number of carbonyl (C=O) groups is 2. The minimum Gasteiger partial charge on any atom is -0.312 e. The Balaban J connectivity index is 1.45. The summed E-state index contributed by atoms with van der Waals surface area (Å²) >= 11 is 0. The molecule has 2 unspecified atom stereocenters. The summed E-state index contributed by atoms with van der Waals surface area (Å²) in [5.41, 5.74) is 3.10. The molecule has 33 heavy (non-hydrogen) atoms. The van der Waals surface area contributed by atoms with Crippen LogP contribution in [-0.4, -0.2) is 36.0 Å². The second kappa shape index (κ2) is 9.20. The highest BCUT2D eigenvalue weighted by molar-refractivity contribution is 6.02. The summed E-state index contributed by atoms with van der Waals surface area (Å²) in [4.78, 5) is 25.5. The Hall–Kier alpha value is -3.44. The average Bonchev–Trinajstić information content (AvgIpc) is 3.47. The van der Waals surface area contributed by atoms with Crippen LogP contribution in [0.15, 0.2) is 91.0 Å². The van der Waals surface area contributed by atoms with Gasteiger partial charge in [0.1, 0.15) is 6.54 Å². The summed E-state index contributed by atoms with van der Waals surface area (Å²) in [6, 6.07) is 31.7.